The second-order valence-corrected chi connectivity index (χ2v) is 7.25. The van der Waals surface area contributed by atoms with Crippen LogP contribution in [0.5, 0.6) is 0 Å². The molecule has 0 radical (unpaired) electrons. The number of nitrogens with one attached hydrogen (secondary N) is 1. The molecular formula is C16H18F3N3O. The largest absolute Gasteiger partial charge is 0.416 e. The highest BCUT2D eigenvalue weighted by Crippen LogP contribution is 2.54. The molecular weight excluding hydrogens is 307 g/mol. The first-order valence-corrected chi connectivity index (χ1v) is 8.19. The van der Waals surface area contributed by atoms with E-state index in [-0.39, 0.29) is 5.60 Å². The quantitative estimate of drug-likeness (QED) is 0.781. The van der Waals surface area contributed by atoms with E-state index in [1.165, 1.54) is 37.8 Å². The summed E-state index contributed by atoms with van der Waals surface area (Å²) >= 11 is 0. The average Bonchev–Trinajstić information content (AvgIpc) is 3.01. The van der Waals surface area contributed by atoms with Gasteiger partial charge in [0.25, 0.3) is 0 Å². The van der Waals surface area contributed by atoms with Gasteiger partial charge in [0, 0.05) is 5.28 Å². The first-order valence-electron chi connectivity index (χ1n) is 8.19. The highest BCUT2D eigenvalue weighted by Gasteiger charge is 2.57. The third-order valence-electron chi connectivity index (χ3n) is 5.95. The van der Waals surface area contributed by atoms with Crippen molar-refractivity contribution in [2.75, 3.05) is 17.0 Å². The summed E-state index contributed by atoms with van der Waals surface area (Å²) in [7, 11) is 0. The summed E-state index contributed by atoms with van der Waals surface area (Å²) < 4.78 is 39.0. The van der Waals surface area contributed by atoms with Crippen molar-refractivity contribution >= 4 is 11.4 Å². The first kappa shape index (κ1) is 13.9. The molecule has 124 valence electrons. The van der Waals surface area contributed by atoms with Gasteiger partial charge < -0.3 is 0 Å². The SMILES string of the molecule is FC(F)(F)c1ccc2c(c1)N1C[C@]3(CC4CCC3CC4)ON1N2. The van der Waals surface area contributed by atoms with Crippen LogP contribution >= 0.6 is 0 Å². The molecule has 1 N–H and O–H groups in total. The van der Waals surface area contributed by atoms with Gasteiger partial charge in [0.15, 0.2) is 0 Å². The van der Waals surface area contributed by atoms with Crippen molar-refractivity contribution in [2.24, 2.45) is 11.8 Å². The number of fused-ring (bicyclic) bond motifs is 5. The van der Waals surface area contributed by atoms with Crippen LogP contribution in [0.15, 0.2) is 18.2 Å². The summed E-state index contributed by atoms with van der Waals surface area (Å²) in [4.78, 5) is 6.22. The van der Waals surface area contributed by atoms with Crippen molar-refractivity contribution < 1.29 is 18.0 Å². The Balaban J connectivity index is 1.48. The van der Waals surface area contributed by atoms with E-state index in [9.17, 15) is 13.2 Å². The maximum atomic E-state index is 13.0. The van der Waals surface area contributed by atoms with E-state index < -0.39 is 11.7 Å². The predicted molar refractivity (Wildman–Crippen MR) is 78.1 cm³/mol. The molecule has 7 heteroatoms. The lowest BCUT2D eigenvalue weighted by atomic mass is 9.62. The molecule has 0 amide bonds. The maximum absolute atomic E-state index is 13.0. The number of hydrogen-bond acceptors (Lipinski definition) is 4. The molecule has 4 fully saturated rings. The zero-order valence-corrected chi connectivity index (χ0v) is 12.6. The van der Waals surface area contributed by atoms with Crippen LogP contribution in [-0.2, 0) is 11.0 Å². The van der Waals surface area contributed by atoms with Crippen LogP contribution in [0.2, 0.25) is 0 Å². The number of hydrogen-bond donors (Lipinski definition) is 1. The second-order valence-electron chi connectivity index (χ2n) is 7.25. The molecule has 23 heavy (non-hydrogen) atoms. The van der Waals surface area contributed by atoms with Crippen LogP contribution < -0.4 is 10.4 Å². The number of nitrogens with zero attached hydrogens (tertiary/aromatic N) is 2. The molecule has 2 aliphatic heterocycles. The topological polar surface area (TPSA) is 27.7 Å². The normalized spacial score (nSPS) is 35.5. The summed E-state index contributed by atoms with van der Waals surface area (Å²) in [6, 6.07) is 3.79. The predicted octanol–water partition coefficient (Wildman–Crippen LogP) is 3.96. The molecule has 0 aromatic heterocycles. The molecule has 0 unspecified atom stereocenters. The number of alkyl halides is 3. The zero-order chi connectivity index (χ0) is 15.8. The summed E-state index contributed by atoms with van der Waals surface area (Å²) in [6.45, 7) is 0.634. The van der Waals surface area contributed by atoms with Gasteiger partial charge in [-0.15, -0.1) is 0 Å². The zero-order valence-electron chi connectivity index (χ0n) is 12.6. The fourth-order valence-corrected chi connectivity index (χ4v) is 4.81. The molecule has 3 aliphatic carbocycles. The molecule has 4 nitrogen and oxygen atoms in total. The van der Waals surface area contributed by atoms with Crippen LogP contribution in [0.4, 0.5) is 24.5 Å². The van der Waals surface area contributed by atoms with E-state index in [2.05, 4.69) is 5.43 Å². The van der Waals surface area contributed by atoms with E-state index in [1.807, 2.05) is 5.01 Å². The molecule has 1 atom stereocenters. The molecule has 6 rings (SSSR count). The van der Waals surface area contributed by atoms with Crippen molar-refractivity contribution in [3.8, 4) is 0 Å². The molecule has 2 heterocycles. The third-order valence-corrected chi connectivity index (χ3v) is 5.95. The van der Waals surface area contributed by atoms with Gasteiger partial charge in [0.05, 0.1) is 23.5 Å². The number of benzene rings is 1. The van der Waals surface area contributed by atoms with Gasteiger partial charge in [0.2, 0.25) is 0 Å². The monoisotopic (exact) mass is 325 g/mol. The van der Waals surface area contributed by atoms with Crippen LogP contribution in [0, 0.1) is 11.8 Å². The Hall–Kier alpha value is -1.47. The Morgan fingerprint density at radius 1 is 1.17 bits per heavy atom. The molecule has 3 saturated carbocycles. The molecule has 1 aromatic carbocycles. The lowest BCUT2D eigenvalue weighted by Gasteiger charge is -2.47. The van der Waals surface area contributed by atoms with Gasteiger partial charge in [0.1, 0.15) is 5.60 Å². The summed E-state index contributed by atoms with van der Waals surface area (Å²) in [5, 5.41) is 3.37. The first-order chi connectivity index (χ1) is 10.9. The molecule has 2 bridgehead atoms. The van der Waals surface area contributed by atoms with Crippen molar-refractivity contribution in [1.29, 1.82) is 0 Å². The van der Waals surface area contributed by atoms with Crippen LogP contribution in [0.3, 0.4) is 0 Å². The average molecular weight is 325 g/mol. The summed E-state index contributed by atoms with van der Waals surface area (Å²) in [5.41, 5.74) is 3.44. The smallest absolute Gasteiger partial charge is 0.275 e. The summed E-state index contributed by atoms with van der Waals surface area (Å²) in [6.07, 6.45) is 1.55. The Morgan fingerprint density at radius 2 is 1.96 bits per heavy atom. The van der Waals surface area contributed by atoms with Gasteiger partial charge in [-0.2, -0.15) is 13.2 Å². The van der Waals surface area contributed by atoms with Crippen molar-refractivity contribution in [1.82, 2.24) is 5.28 Å². The fourth-order valence-electron chi connectivity index (χ4n) is 4.81. The van der Waals surface area contributed by atoms with Gasteiger partial charge in [-0.3, -0.25) is 15.3 Å². The lowest BCUT2D eigenvalue weighted by Crippen LogP contribution is -2.50. The maximum Gasteiger partial charge on any atom is 0.416 e. The van der Waals surface area contributed by atoms with Crippen molar-refractivity contribution in [3.05, 3.63) is 23.8 Å². The molecule has 1 aromatic rings. The van der Waals surface area contributed by atoms with E-state index in [0.717, 1.165) is 12.5 Å². The molecule has 1 saturated heterocycles. The molecule has 1 spiro atoms. The van der Waals surface area contributed by atoms with E-state index in [4.69, 9.17) is 4.84 Å². The Labute approximate surface area is 132 Å². The van der Waals surface area contributed by atoms with Crippen molar-refractivity contribution in [2.45, 2.75) is 43.9 Å². The number of halogens is 3. The number of rotatable bonds is 0. The Morgan fingerprint density at radius 3 is 2.61 bits per heavy atom. The van der Waals surface area contributed by atoms with E-state index >= 15 is 0 Å². The highest BCUT2D eigenvalue weighted by molar-refractivity contribution is 5.74. The highest BCUT2D eigenvalue weighted by atomic mass is 19.4. The molecule has 5 aliphatic rings. The van der Waals surface area contributed by atoms with Crippen LogP contribution in [0.1, 0.15) is 37.7 Å². The van der Waals surface area contributed by atoms with Gasteiger partial charge in [-0.05, 0) is 62.1 Å². The third kappa shape index (κ3) is 1.92. The minimum absolute atomic E-state index is 0.236. The minimum Gasteiger partial charge on any atom is -0.275 e. The number of anilines is 2. The minimum atomic E-state index is -4.33. The van der Waals surface area contributed by atoms with Gasteiger partial charge in [-0.25, -0.2) is 0 Å². The van der Waals surface area contributed by atoms with Crippen LogP contribution in [0.25, 0.3) is 0 Å². The number of hydrazine groups is 2. The Kier molecular flexibility index (Phi) is 2.62. The summed E-state index contributed by atoms with van der Waals surface area (Å²) in [5.74, 6) is 1.20. The van der Waals surface area contributed by atoms with Crippen molar-refractivity contribution in [3.63, 3.8) is 0 Å². The lowest BCUT2D eigenvalue weighted by molar-refractivity contribution is -0.225. The second kappa shape index (κ2) is 4.33. The van der Waals surface area contributed by atoms with Crippen LogP contribution in [-0.4, -0.2) is 17.4 Å². The fraction of sp³-hybridized carbons (Fsp3) is 0.625. The van der Waals surface area contributed by atoms with Gasteiger partial charge >= 0.3 is 6.18 Å². The van der Waals surface area contributed by atoms with E-state index in [1.54, 1.807) is 5.28 Å². The standard InChI is InChI=1S/C16H18F3N3O/c17-16(18,19)12-5-6-13-14(7-12)21-9-15(23-22(21)20-13)8-10-1-3-11(15)4-2-10/h5-7,10-11,20H,1-4,8-9H2/t10?,11?,15-/m0/s1. The van der Waals surface area contributed by atoms with Gasteiger partial charge in [-0.1, -0.05) is 0 Å². The van der Waals surface area contributed by atoms with E-state index in [0.29, 0.717) is 29.8 Å². The Bertz CT molecular complexity index is 656.